The zero-order valence-electron chi connectivity index (χ0n) is 17.4. The maximum Gasteiger partial charge on any atom is 0.249 e. The average molecular weight is 496 g/mol. The first-order chi connectivity index (χ1) is 15.5. The molecule has 3 aromatic rings. The molecule has 0 unspecified atom stereocenters. The fourth-order valence-electron chi connectivity index (χ4n) is 2.73. The fourth-order valence-corrected chi connectivity index (χ4v) is 2.99. The van der Waals surface area contributed by atoms with Gasteiger partial charge in [0.1, 0.15) is 24.5 Å². The Hall–Kier alpha value is -3.65. The van der Waals surface area contributed by atoms with Gasteiger partial charge >= 0.3 is 0 Å². The number of benzene rings is 3. The largest absolute Gasteiger partial charge is 0.497 e. The smallest absolute Gasteiger partial charge is 0.249 e. The summed E-state index contributed by atoms with van der Waals surface area (Å²) in [5.74, 6) is 0.251. The summed E-state index contributed by atoms with van der Waals surface area (Å²) in [6.45, 7) is 0.398. The highest BCUT2D eigenvalue weighted by Crippen LogP contribution is 2.19. The molecule has 0 saturated carbocycles. The Morgan fingerprint density at radius 2 is 1.78 bits per heavy atom. The molecule has 8 heteroatoms. The number of halogens is 1. The first kappa shape index (κ1) is 23.0. The molecule has 3 aromatic carbocycles. The third-order valence-electron chi connectivity index (χ3n) is 4.29. The predicted molar refractivity (Wildman–Crippen MR) is 127 cm³/mol. The molecule has 0 fully saturated rings. The van der Waals surface area contributed by atoms with Crippen LogP contribution in [0, 0.1) is 0 Å². The number of hydrazone groups is 1. The van der Waals surface area contributed by atoms with Crippen LogP contribution in [0.25, 0.3) is 0 Å². The Kier molecular flexibility index (Phi) is 8.39. The number of nitrogens with one attached hydrogen (secondary N) is 2. The van der Waals surface area contributed by atoms with Gasteiger partial charge in [0, 0.05) is 21.8 Å². The van der Waals surface area contributed by atoms with Crippen molar-refractivity contribution in [2.75, 3.05) is 12.4 Å². The summed E-state index contributed by atoms with van der Waals surface area (Å²) < 4.78 is 12.0. The molecule has 0 heterocycles. The van der Waals surface area contributed by atoms with Crippen LogP contribution < -0.4 is 20.2 Å². The highest BCUT2D eigenvalue weighted by Gasteiger charge is 2.09. The maximum absolute atomic E-state index is 12.1. The number of anilines is 1. The number of hydrogen-bond acceptors (Lipinski definition) is 5. The molecule has 0 radical (unpaired) electrons. The third kappa shape index (κ3) is 7.24. The van der Waals surface area contributed by atoms with E-state index in [-0.39, 0.29) is 6.42 Å². The summed E-state index contributed by atoms with van der Waals surface area (Å²) in [5, 5.41) is 6.59. The van der Waals surface area contributed by atoms with Crippen LogP contribution in [0.4, 0.5) is 5.69 Å². The van der Waals surface area contributed by atoms with Crippen molar-refractivity contribution in [3.63, 3.8) is 0 Å². The van der Waals surface area contributed by atoms with E-state index in [1.807, 2.05) is 48.5 Å². The molecule has 32 heavy (non-hydrogen) atoms. The van der Waals surface area contributed by atoms with Gasteiger partial charge in [-0.1, -0.05) is 46.3 Å². The molecule has 2 amide bonds. The van der Waals surface area contributed by atoms with Gasteiger partial charge in [-0.05, 0) is 42.0 Å². The standard InChI is InChI=1S/C24H22BrN3O4/c1-31-21-7-4-6-20(13-21)27-23(29)14-24(30)28-26-15-18-5-2-3-8-22(18)32-16-17-9-11-19(25)12-10-17/h2-13,15H,14,16H2,1H3,(H,27,29)(H,28,30). The average Bonchev–Trinajstić information content (AvgIpc) is 2.79. The van der Waals surface area contributed by atoms with Crippen molar-refractivity contribution in [1.29, 1.82) is 0 Å². The lowest BCUT2D eigenvalue weighted by atomic mass is 10.2. The summed E-state index contributed by atoms with van der Waals surface area (Å²) in [6.07, 6.45) is 1.12. The second-order valence-electron chi connectivity index (χ2n) is 6.70. The highest BCUT2D eigenvalue weighted by atomic mass is 79.9. The van der Waals surface area contributed by atoms with Crippen LogP contribution in [0.2, 0.25) is 0 Å². The number of methoxy groups -OCH3 is 1. The zero-order chi connectivity index (χ0) is 22.8. The number of rotatable bonds is 9. The monoisotopic (exact) mass is 495 g/mol. The van der Waals surface area contributed by atoms with E-state index in [0.717, 1.165) is 10.0 Å². The van der Waals surface area contributed by atoms with Crippen molar-refractivity contribution in [3.05, 3.63) is 88.4 Å². The van der Waals surface area contributed by atoms with E-state index in [0.29, 0.717) is 29.4 Å². The molecule has 0 saturated heterocycles. The molecule has 0 bridgehead atoms. The van der Waals surface area contributed by atoms with Gasteiger partial charge in [-0.25, -0.2) is 5.43 Å². The number of nitrogens with zero attached hydrogens (tertiary/aromatic N) is 1. The Morgan fingerprint density at radius 3 is 2.56 bits per heavy atom. The number of para-hydroxylation sites is 1. The predicted octanol–water partition coefficient (Wildman–Crippen LogP) is 4.52. The lowest BCUT2D eigenvalue weighted by Crippen LogP contribution is -2.24. The van der Waals surface area contributed by atoms with Crippen LogP contribution in [-0.4, -0.2) is 25.1 Å². The fraction of sp³-hybridized carbons (Fsp3) is 0.125. The lowest BCUT2D eigenvalue weighted by molar-refractivity contribution is -0.126. The van der Waals surface area contributed by atoms with Crippen LogP contribution in [0.5, 0.6) is 11.5 Å². The van der Waals surface area contributed by atoms with Crippen LogP contribution in [-0.2, 0) is 16.2 Å². The van der Waals surface area contributed by atoms with Gasteiger partial charge in [0.25, 0.3) is 0 Å². The molecular formula is C24H22BrN3O4. The van der Waals surface area contributed by atoms with E-state index in [4.69, 9.17) is 9.47 Å². The topological polar surface area (TPSA) is 89.0 Å². The Morgan fingerprint density at radius 1 is 1.00 bits per heavy atom. The van der Waals surface area contributed by atoms with Crippen molar-refractivity contribution in [2.45, 2.75) is 13.0 Å². The van der Waals surface area contributed by atoms with E-state index in [1.54, 1.807) is 24.3 Å². The minimum Gasteiger partial charge on any atom is -0.497 e. The minimum absolute atomic E-state index is 0.365. The van der Waals surface area contributed by atoms with Gasteiger partial charge in [0.05, 0.1) is 13.3 Å². The summed E-state index contributed by atoms with van der Waals surface area (Å²) in [7, 11) is 1.54. The normalized spacial score (nSPS) is 10.6. The minimum atomic E-state index is -0.532. The van der Waals surface area contributed by atoms with Crippen LogP contribution >= 0.6 is 15.9 Å². The van der Waals surface area contributed by atoms with Crippen molar-refractivity contribution in [2.24, 2.45) is 5.10 Å². The molecule has 0 spiro atoms. The summed E-state index contributed by atoms with van der Waals surface area (Å²) >= 11 is 3.41. The van der Waals surface area contributed by atoms with Gasteiger partial charge in [0.2, 0.25) is 11.8 Å². The number of carbonyl (C=O) groups excluding carboxylic acids is 2. The Labute approximate surface area is 194 Å². The van der Waals surface area contributed by atoms with Crippen LogP contribution in [0.15, 0.2) is 82.4 Å². The number of amides is 2. The summed E-state index contributed by atoms with van der Waals surface area (Å²) in [6, 6.07) is 22.1. The number of ether oxygens (including phenoxy) is 2. The number of hydrogen-bond donors (Lipinski definition) is 2. The number of carbonyl (C=O) groups is 2. The Bertz CT molecular complexity index is 1100. The van der Waals surface area contributed by atoms with Crippen molar-refractivity contribution >= 4 is 39.6 Å². The van der Waals surface area contributed by atoms with Crippen molar-refractivity contribution < 1.29 is 19.1 Å². The highest BCUT2D eigenvalue weighted by molar-refractivity contribution is 9.10. The quantitative estimate of drug-likeness (QED) is 0.259. The molecule has 0 aromatic heterocycles. The molecule has 7 nitrogen and oxygen atoms in total. The molecule has 0 aliphatic rings. The van der Waals surface area contributed by atoms with Crippen molar-refractivity contribution in [1.82, 2.24) is 5.43 Å². The Balaban J connectivity index is 1.51. The molecule has 3 rings (SSSR count). The maximum atomic E-state index is 12.1. The van der Waals surface area contributed by atoms with Crippen LogP contribution in [0.1, 0.15) is 17.5 Å². The molecule has 0 atom stereocenters. The van der Waals surface area contributed by atoms with Gasteiger partial charge < -0.3 is 14.8 Å². The zero-order valence-corrected chi connectivity index (χ0v) is 19.0. The molecule has 0 aliphatic carbocycles. The van der Waals surface area contributed by atoms with Gasteiger partial charge in [-0.3, -0.25) is 9.59 Å². The summed E-state index contributed by atoms with van der Waals surface area (Å²) in [5.41, 5.74) is 4.63. The second-order valence-corrected chi connectivity index (χ2v) is 7.62. The van der Waals surface area contributed by atoms with E-state index < -0.39 is 11.8 Å². The molecule has 0 aliphatic heterocycles. The van der Waals surface area contributed by atoms with E-state index >= 15 is 0 Å². The summed E-state index contributed by atoms with van der Waals surface area (Å²) in [4.78, 5) is 24.1. The molecule has 164 valence electrons. The third-order valence-corrected chi connectivity index (χ3v) is 4.82. The second kappa shape index (κ2) is 11.7. The molecule has 2 N–H and O–H groups in total. The van der Waals surface area contributed by atoms with E-state index in [2.05, 4.69) is 31.8 Å². The first-order valence-corrected chi connectivity index (χ1v) is 10.5. The first-order valence-electron chi connectivity index (χ1n) is 9.75. The van der Waals surface area contributed by atoms with E-state index in [1.165, 1.54) is 13.3 Å². The van der Waals surface area contributed by atoms with Gasteiger partial charge in [0.15, 0.2) is 0 Å². The van der Waals surface area contributed by atoms with Crippen LogP contribution in [0.3, 0.4) is 0 Å². The van der Waals surface area contributed by atoms with Crippen molar-refractivity contribution in [3.8, 4) is 11.5 Å². The lowest BCUT2D eigenvalue weighted by Gasteiger charge is -2.09. The van der Waals surface area contributed by atoms with Gasteiger partial charge in [-0.15, -0.1) is 0 Å². The van der Waals surface area contributed by atoms with Gasteiger partial charge in [-0.2, -0.15) is 5.10 Å². The SMILES string of the molecule is COc1cccc(NC(=O)CC(=O)NN=Cc2ccccc2OCc2ccc(Br)cc2)c1. The van der Waals surface area contributed by atoms with E-state index in [9.17, 15) is 9.59 Å². The molecular weight excluding hydrogens is 474 g/mol.